The van der Waals surface area contributed by atoms with Crippen LogP contribution in [-0.4, -0.2) is 35.1 Å². The van der Waals surface area contributed by atoms with Gasteiger partial charge in [0.15, 0.2) is 0 Å². The molecule has 0 radical (unpaired) electrons. The number of fused-ring (bicyclic) bond motifs is 5. The molecule has 0 spiro atoms. The van der Waals surface area contributed by atoms with Crippen molar-refractivity contribution in [1.29, 1.82) is 0 Å². The number of amides is 4. The van der Waals surface area contributed by atoms with Crippen molar-refractivity contribution in [2.45, 2.75) is 19.8 Å². The number of rotatable bonds is 5. The number of hydrogen-bond acceptors (Lipinski definition) is 4. The van der Waals surface area contributed by atoms with Gasteiger partial charge in [0, 0.05) is 31.3 Å². The molecule has 4 atom stereocenters. The predicted molar refractivity (Wildman–Crippen MR) is 98.4 cm³/mol. The molecule has 3 aliphatic rings. The second-order valence-corrected chi connectivity index (χ2v) is 7.38. The van der Waals surface area contributed by atoms with Crippen LogP contribution in [0.15, 0.2) is 36.4 Å². The van der Waals surface area contributed by atoms with E-state index in [1.165, 1.54) is 11.8 Å². The molecular weight excluding hydrogens is 346 g/mol. The summed E-state index contributed by atoms with van der Waals surface area (Å²) in [7, 11) is 0. The Hall–Kier alpha value is -2.96. The Labute approximate surface area is 156 Å². The van der Waals surface area contributed by atoms with Crippen LogP contribution in [0.25, 0.3) is 0 Å². The van der Waals surface area contributed by atoms with Crippen molar-refractivity contribution >= 4 is 35.0 Å². The Balaban J connectivity index is 1.31. The summed E-state index contributed by atoms with van der Waals surface area (Å²) in [5.74, 6) is -0.784. The number of allylic oxidation sites excluding steroid dienone is 2. The number of carbonyl (C=O) groups excluding carboxylic acids is 4. The summed E-state index contributed by atoms with van der Waals surface area (Å²) in [4.78, 5) is 49.6. The zero-order valence-corrected chi connectivity index (χ0v) is 15.0. The van der Waals surface area contributed by atoms with Crippen molar-refractivity contribution in [3.63, 3.8) is 0 Å². The first-order valence-corrected chi connectivity index (χ1v) is 9.15. The first-order valence-electron chi connectivity index (χ1n) is 9.15. The minimum atomic E-state index is -0.263. The van der Waals surface area contributed by atoms with Gasteiger partial charge in [-0.1, -0.05) is 12.2 Å². The highest BCUT2D eigenvalue weighted by atomic mass is 16.2. The quantitative estimate of drug-likeness (QED) is 0.613. The Morgan fingerprint density at radius 3 is 2.00 bits per heavy atom. The predicted octanol–water partition coefficient (Wildman–Crippen LogP) is 1.78. The van der Waals surface area contributed by atoms with Gasteiger partial charge < -0.3 is 10.6 Å². The van der Waals surface area contributed by atoms with E-state index in [4.69, 9.17) is 0 Å². The van der Waals surface area contributed by atoms with E-state index in [0.29, 0.717) is 11.4 Å². The van der Waals surface area contributed by atoms with Crippen molar-refractivity contribution in [1.82, 2.24) is 4.90 Å². The first-order chi connectivity index (χ1) is 12.9. The molecule has 7 heteroatoms. The Bertz CT molecular complexity index is 815. The maximum atomic E-state index is 12.6. The van der Waals surface area contributed by atoms with Gasteiger partial charge in [-0.05, 0) is 42.5 Å². The number of imide groups is 1. The van der Waals surface area contributed by atoms with E-state index in [1.54, 1.807) is 24.3 Å². The van der Waals surface area contributed by atoms with Crippen molar-refractivity contribution in [3.8, 4) is 0 Å². The van der Waals surface area contributed by atoms with Crippen LogP contribution in [0.4, 0.5) is 11.4 Å². The monoisotopic (exact) mass is 367 g/mol. The third kappa shape index (κ3) is 3.13. The van der Waals surface area contributed by atoms with Crippen LogP contribution < -0.4 is 10.6 Å². The first kappa shape index (κ1) is 17.5. The molecule has 1 saturated heterocycles. The van der Waals surface area contributed by atoms with Crippen molar-refractivity contribution in [3.05, 3.63) is 36.4 Å². The minimum Gasteiger partial charge on any atom is -0.326 e. The smallest absolute Gasteiger partial charge is 0.233 e. The molecule has 27 heavy (non-hydrogen) atoms. The van der Waals surface area contributed by atoms with E-state index in [2.05, 4.69) is 22.8 Å². The van der Waals surface area contributed by atoms with Crippen molar-refractivity contribution < 1.29 is 19.2 Å². The highest BCUT2D eigenvalue weighted by Gasteiger charge is 2.58. The number of likely N-dealkylation sites (tertiary alicyclic amines) is 1. The van der Waals surface area contributed by atoms with E-state index in [-0.39, 0.29) is 60.3 Å². The number of carbonyl (C=O) groups is 4. The molecule has 0 unspecified atom stereocenters. The summed E-state index contributed by atoms with van der Waals surface area (Å²) >= 11 is 0. The lowest BCUT2D eigenvalue weighted by Gasteiger charge is -2.17. The standard InChI is InChI=1S/C20H21N3O4/c1-11(24)21-14-4-6-15(7-5-14)22-16(25)8-9-23-19(26)17-12-2-3-13(10-12)18(17)20(23)27/h2-7,12-13,17-18H,8-10H2,1H3,(H,21,24)(H,22,25)/t12-,13-,17-,18-/m0/s1. The Morgan fingerprint density at radius 1 is 0.963 bits per heavy atom. The molecule has 1 saturated carbocycles. The molecule has 1 heterocycles. The SMILES string of the molecule is CC(=O)Nc1ccc(NC(=O)CCN2C(=O)[C@@H]3[C@@H](C2=O)[C@H]2C=C[C@H]3C2)cc1. The molecule has 2 aliphatic carbocycles. The fourth-order valence-electron chi connectivity index (χ4n) is 4.46. The normalized spacial score (nSPS) is 27.8. The van der Waals surface area contributed by atoms with Crippen LogP contribution >= 0.6 is 0 Å². The summed E-state index contributed by atoms with van der Waals surface area (Å²) in [6.45, 7) is 1.53. The lowest BCUT2D eigenvalue weighted by Crippen LogP contribution is -2.35. The van der Waals surface area contributed by atoms with Gasteiger partial charge in [0.25, 0.3) is 0 Å². The number of nitrogens with one attached hydrogen (secondary N) is 2. The molecule has 2 fully saturated rings. The molecule has 1 aromatic carbocycles. The second-order valence-electron chi connectivity index (χ2n) is 7.38. The molecule has 140 valence electrons. The Kier molecular flexibility index (Phi) is 4.30. The fraction of sp³-hybridized carbons (Fsp3) is 0.400. The molecule has 4 rings (SSSR count). The maximum Gasteiger partial charge on any atom is 0.233 e. The number of anilines is 2. The van der Waals surface area contributed by atoms with Gasteiger partial charge in [-0.2, -0.15) is 0 Å². The number of nitrogens with zero attached hydrogens (tertiary/aromatic N) is 1. The zero-order chi connectivity index (χ0) is 19.1. The van der Waals surface area contributed by atoms with Crippen LogP contribution in [0.1, 0.15) is 19.8 Å². The molecule has 7 nitrogen and oxygen atoms in total. The minimum absolute atomic E-state index is 0.0626. The van der Waals surface area contributed by atoms with Crippen LogP contribution in [0.2, 0.25) is 0 Å². The summed E-state index contributed by atoms with van der Waals surface area (Å²) in [5.41, 5.74) is 1.23. The van der Waals surface area contributed by atoms with Crippen molar-refractivity contribution in [2.24, 2.45) is 23.7 Å². The topological polar surface area (TPSA) is 95.6 Å². The van der Waals surface area contributed by atoms with Gasteiger partial charge in [0.2, 0.25) is 23.6 Å². The average Bonchev–Trinajstić information content (AvgIpc) is 3.29. The molecular formula is C20H21N3O4. The van der Waals surface area contributed by atoms with Crippen LogP contribution in [-0.2, 0) is 19.2 Å². The molecule has 2 bridgehead atoms. The number of hydrogen-bond donors (Lipinski definition) is 2. The van der Waals surface area contributed by atoms with Gasteiger partial charge in [0.1, 0.15) is 0 Å². The summed E-state index contributed by atoms with van der Waals surface area (Å²) in [6.07, 6.45) is 5.07. The largest absolute Gasteiger partial charge is 0.326 e. The van der Waals surface area contributed by atoms with Gasteiger partial charge in [-0.15, -0.1) is 0 Å². The molecule has 1 aromatic rings. The van der Waals surface area contributed by atoms with Gasteiger partial charge >= 0.3 is 0 Å². The van der Waals surface area contributed by atoms with E-state index in [9.17, 15) is 19.2 Å². The highest BCUT2D eigenvalue weighted by molar-refractivity contribution is 6.06. The fourth-order valence-corrected chi connectivity index (χ4v) is 4.46. The second kappa shape index (κ2) is 6.64. The van der Waals surface area contributed by atoms with Crippen LogP contribution in [0, 0.1) is 23.7 Å². The van der Waals surface area contributed by atoms with Gasteiger partial charge in [0.05, 0.1) is 11.8 Å². The van der Waals surface area contributed by atoms with Crippen LogP contribution in [0.5, 0.6) is 0 Å². The van der Waals surface area contributed by atoms with E-state index >= 15 is 0 Å². The molecule has 1 aliphatic heterocycles. The third-order valence-electron chi connectivity index (χ3n) is 5.61. The zero-order valence-electron chi connectivity index (χ0n) is 15.0. The highest BCUT2D eigenvalue weighted by Crippen LogP contribution is 2.52. The third-order valence-corrected chi connectivity index (χ3v) is 5.61. The summed E-state index contributed by atoms with van der Waals surface area (Å²) in [5, 5.41) is 5.39. The lowest BCUT2D eigenvalue weighted by atomic mass is 9.85. The Morgan fingerprint density at radius 2 is 1.48 bits per heavy atom. The van der Waals surface area contributed by atoms with Crippen molar-refractivity contribution in [2.75, 3.05) is 17.2 Å². The summed E-state index contributed by atoms with van der Waals surface area (Å²) < 4.78 is 0. The molecule has 4 amide bonds. The van der Waals surface area contributed by atoms with Gasteiger partial charge in [-0.25, -0.2) is 0 Å². The average molecular weight is 367 g/mol. The van der Waals surface area contributed by atoms with E-state index < -0.39 is 0 Å². The van der Waals surface area contributed by atoms with E-state index in [0.717, 1.165) is 6.42 Å². The molecule has 0 aromatic heterocycles. The van der Waals surface area contributed by atoms with E-state index in [1.807, 2.05) is 0 Å². The number of benzene rings is 1. The lowest BCUT2D eigenvalue weighted by molar-refractivity contribution is -0.140. The van der Waals surface area contributed by atoms with Gasteiger partial charge in [-0.3, -0.25) is 24.1 Å². The molecule has 2 N–H and O–H groups in total. The maximum absolute atomic E-state index is 12.6. The summed E-state index contributed by atoms with van der Waals surface area (Å²) in [6, 6.07) is 6.75. The van der Waals surface area contributed by atoms with Crippen LogP contribution in [0.3, 0.4) is 0 Å².